The zero-order chi connectivity index (χ0) is 20.5. The summed E-state index contributed by atoms with van der Waals surface area (Å²) < 4.78 is 1.80. The number of nitrogens with two attached hydrogens (primary N) is 1. The predicted molar refractivity (Wildman–Crippen MR) is 121 cm³/mol. The van der Waals surface area contributed by atoms with Gasteiger partial charge in [-0.1, -0.05) is 54.1 Å². The van der Waals surface area contributed by atoms with Gasteiger partial charge in [-0.25, -0.2) is 9.67 Å². The average molecular weight is 420 g/mol. The number of fused-ring (bicyclic) bond motifs is 1. The van der Waals surface area contributed by atoms with E-state index in [2.05, 4.69) is 22.3 Å². The summed E-state index contributed by atoms with van der Waals surface area (Å²) in [5.74, 6) is 1.24. The Labute approximate surface area is 179 Å². The monoisotopic (exact) mass is 419 g/mol. The fourth-order valence-electron chi connectivity index (χ4n) is 3.74. The molecule has 1 aliphatic rings. The lowest BCUT2D eigenvalue weighted by atomic mass is 10.1. The van der Waals surface area contributed by atoms with Gasteiger partial charge in [-0.3, -0.25) is 0 Å². The van der Waals surface area contributed by atoms with Crippen molar-refractivity contribution in [2.24, 2.45) is 0 Å². The lowest BCUT2D eigenvalue weighted by Crippen LogP contribution is -2.44. The number of anilines is 2. The summed E-state index contributed by atoms with van der Waals surface area (Å²) in [6, 6.07) is 17.8. The third kappa shape index (κ3) is 3.58. The summed E-state index contributed by atoms with van der Waals surface area (Å²) in [7, 11) is 0. The quantitative estimate of drug-likeness (QED) is 0.528. The minimum atomic E-state index is 0.561. The topological polar surface area (TPSA) is 84.9 Å². The van der Waals surface area contributed by atoms with Crippen LogP contribution in [0.1, 0.15) is 5.56 Å². The lowest BCUT2D eigenvalue weighted by Gasteiger charge is -2.27. The van der Waals surface area contributed by atoms with Crippen LogP contribution >= 0.6 is 11.6 Å². The van der Waals surface area contributed by atoms with Crippen LogP contribution in [0.2, 0.25) is 5.02 Å². The molecule has 5 rings (SSSR count). The van der Waals surface area contributed by atoms with E-state index in [1.807, 2.05) is 42.5 Å². The molecule has 0 saturated carbocycles. The number of piperazine rings is 1. The molecule has 7 nitrogen and oxygen atoms in total. The predicted octanol–water partition coefficient (Wildman–Crippen LogP) is 3.19. The van der Waals surface area contributed by atoms with Crippen LogP contribution in [-0.2, 0) is 6.54 Å². The van der Waals surface area contributed by atoms with Crippen molar-refractivity contribution in [1.29, 1.82) is 0 Å². The Morgan fingerprint density at radius 1 is 0.967 bits per heavy atom. The molecule has 4 aromatic rings. The van der Waals surface area contributed by atoms with E-state index in [1.54, 1.807) is 4.68 Å². The standard InChI is InChI=1S/C22H22ClN7/c23-17-8-6-16(7-9-17)19-18-20(24)30(14-15-4-2-1-3-5-15)28-21(18)27-22(26-19)29-12-10-25-11-13-29/h1-9,25H,10-14,24H2. The molecule has 2 aromatic heterocycles. The van der Waals surface area contributed by atoms with E-state index in [1.165, 1.54) is 0 Å². The van der Waals surface area contributed by atoms with Crippen molar-refractivity contribution in [2.45, 2.75) is 6.54 Å². The Bertz CT molecular complexity index is 1170. The second-order valence-electron chi connectivity index (χ2n) is 7.34. The molecular weight excluding hydrogens is 398 g/mol. The molecule has 0 radical (unpaired) electrons. The molecule has 0 bridgehead atoms. The van der Waals surface area contributed by atoms with Crippen molar-refractivity contribution in [2.75, 3.05) is 36.8 Å². The zero-order valence-corrected chi connectivity index (χ0v) is 17.2. The van der Waals surface area contributed by atoms with Crippen LogP contribution in [0, 0.1) is 0 Å². The van der Waals surface area contributed by atoms with Crippen LogP contribution < -0.4 is 16.0 Å². The largest absolute Gasteiger partial charge is 0.383 e. The summed E-state index contributed by atoms with van der Waals surface area (Å²) in [4.78, 5) is 11.9. The molecule has 1 aliphatic heterocycles. The molecular formula is C22H22ClN7. The van der Waals surface area contributed by atoms with Crippen LogP contribution in [0.15, 0.2) is 54.6 Å². The van der Waals surface area contributed by atoms with Gasteiger partial charge in [0, 0.05) is 36.8 Å². The number of nitrogen functional groups attached to an aromatic ring is 1. The maximum absolute atomic E-state index is 6.55. The van der Waals surface area contributed by atoms with E-state index in [-0.39, 0.29) is 0 Å². The maximum Gasteiger partial charge on any atom is 0.228 e. The molecule has 0 amide bonds. The van der Waals surface area contributed by atoms with E-state index in [0.29, 0.717) is 29.0 Å². The number of rotatable bonds is 4. The van der Waals surface area contributed by atoms with Gasteiger partial charge >= 0.3 is 0 Å². The summed E-state index contributed by atoms with van der Waals surface area (Å²) in [5, 5.41) is 9.55. The molecule has 1 fully saturated rings. The highest BCUT2D eigenvalue weighted by Gasteiger charge is 2.21. The van der Waals surface area contributed by atoms with Crippen LogP contribution in [0.3, 0.4) is 0 Å². The van der Waals surface area contributed by atoms with Gasteiger partial charge in [-0.05, 0) is 17.7 Å². The molecule has 3 heterocycles. The second-order valence-corrected chi connectivity index (χ2v) is 7.78. The number of nitrogens with one attached hydrogen (secondary N) is 1. The summed E-state index contributed by atoms with van der Waals surface area (Å²) in [6.45, 7) is 4.09. The molecule has 2 aromatic carbocycles. The van der Waals surface area contributed by atoms with Crippen LogP contribution in [0.25, 0.3) is 22.3 Å². The molecule has 0 atom stereocenters. The maximum atomic E-state index is 6.55. The average Bonchev–Trinajstić information content (AvgIpc) is 3.10. The van der Waals surface area contributed by atoms with E-state index in [4.69, 9.17) is 32.4 Å². The molecule has 152 valence electrons. The molecule has 30 heavy (non-hydrogen) atoms. The Morgan fingerprint density at radius 3 is 2.43 bits per heavy atom. The Kier molecular flexibility index (Phi) is 4.98. The minimum absolute atomic E-state index is 0.561. The third-order valence-electron chi connectivity index (χ3n) is 5.32. The van der Waals surface area contributed by atoms with Gasteiger partial charge in [0.05, 0.1) is 17.6 Å². The summed E-state index contributed by atoms with van der Waals surface area (Å²) in [6.07, 6.45) is 0. The normalized spacial score (nSPS) is 14.4. The van der Waals surface area contributed by atoms with Gasteiger partial charge in [-0.15, -0.1) is 5.10 Å². The van der Waals surface area contributed by atoms with Crippen LogP contribution in [-0.4, -0.2) is 45.9 Å². The lowest BCUT2D eigenvalue weighted by molar-refractivity contribution is 0.580. The number of aromatic nitrogens is 4. The van der Waals surface area contributed by atoms with Crippen LogP contribution in [0.5, 0.6) is 0 Å². The van der Waals surface area contributed by atoms with Crippen molar-refractivity contribution in [3.8, 4) is 11.3 Å². The van der Waals surface area contributed by atoms with Gasteiger partial charge in [-0.2, -0.15) is 4.98 Å². The highest BCUT2D eigenvalue weighted by Crippen LogP contribution is 2.33. The summed E-state index contributed by atoms with van der Waals surface area (Å²) >= 11 is 6.11. The van der Waals surface area contributed by atoms with Crippen molar-refractivity contribution >= 4 is 34.4 Å². The van der Waals surface area contributed by atoms with Gasteiger partial charge < -0.3 is 16.0 Å². The van der Waals surface area contributed by atoms with E-state index in [9.17, 15) is 0 Å². The molecule has 8 heteroatoms. The first kappa shape index (κ1) is 18.8. The molecule has 3 N–H and O–H groups in total. The van der Waals surface area contributed by atoms with E-state index in [0.717, 1.165) is 48.4 Å². The fraction of sp³-hybridized carbons (Fsp3) is 0.227. The Hall–Kier alpha value is -3.16. The first-order chi connectivity index (χ1) is 14.7. The summed E-state index contributed by atoms with van der Waals surface area (Å²) in [5.41, 5.74) is 10.0. The fourth-order valence-corrected chi connectivity index (χ4v) is 3.87. The smallest absolute Gasteiger partial charge is 0.228 e. The van der Waals surface area contributed by atoms with Gasteiger partial charge in [0.25, 0.3) is 0 Å². The molecule has 0 aliphatic carbocycles. The Balaban J connectivity index is 1.66. The number of benzene rings is 2. The van der Waals surface area contributed by atoms with Crippen LogP contribution in [0.4, 0.5) is 11.8 Å². The number of halogens is 1. The third-order valence-corrected chi connectivity index (χ3v) is 5.57. The highest BCUT2D eigenvalue weighted by molar-refractivity contribution is 6.30. The highest BCUT2D eigenvalue weighted by atomic mass is 35.5. The van der Waals surface area contributed by atoms with Gasteiger partial charge in [0.2, 0.25) is 5.95 Å². The zero-order valence-electron chi connectivity index (χ0n) is 16.4. The van der Waals surface area contributed by atoms with Gasteiger partial charge in [0.1, 0.15) is 5.82 Å². The number of nitrogens with zero attached hydrogens (tertiary/aromatic N) is 5. The SMILES string of the molecule is Nc1c2c(-c3ccc(Cl)cc3)nc(N3CCNCC3)nc2nn1Cc1ccccc1. The van der Waals surface area contributed by atoms with Gasteiger partial charge in [0.15, 0.2) is 5.65 Å². The second kappa shape index (κ2) is 7.93. The molecule has 0 unspecified atom stereocenters. The molecule has 0 spiro atoms. The first-order valence-electron chi connectivity index (χ1n) is 9.98. The number of hydrogen-bond acceptors (Lipinski definition) is 6. The van der Waals surface area contributed by atoms with Crippen molar-refractivity contribution in [1.82, 2.24) is 25.1 Å². The minimum Gasteiger partial charge on any atom is -0.383 e. The van der Waals surface area contributed by atoms with E-state index >= 15 is 0 Å². The van der Waals surface area contributed by atoms with Crippen molar-refractivity contribution < 1.29 is 0 Å². The van der Waals surface area contributed by atoms with Crippen molar-refractivity contribution in [3.63, 3.8) is 0 Å². The molecule has 1 saturated heterocycles. The first-order valence-corrected chi connectivity index (χ1v) is 10.4. The van der Waals surface area contributed by atoms with Crippen molar-refractivity contribution in [3.05, 3.63) is 65.2 Å². The Morgan fingerprint density at radius 2 is 1.70 bits per heavy atom. The van der Waals surface area contributed by atoms with E-state index < -0.39 is 0 Å². The number of hydrogen-bond donors (Lipinski definition) is 2.